The largest absolute Gasteiger partial charge is 0.322 e. The zero-order valence-electron chi connectivity index (χ0n) is 17.6. The van der Waals surface area contributed by atoms with Crippen molar-refractivity contribution in [3.8, 4) is 0 Å². The van der Waals surface area contributed by atoms with Crippen LogP contribution < -0.4 is 9.62 Å². The van der Waals surface area contributed by atoms with Gasteiger partial charge in [-0.15, -0.1) is 11.8 Å². The normalized spacial score (nSPS) is 15.6. The van der Waals surface area contributed by atoms with Gasteiger partial charge in [0.15, 0.2) is 0 Å². The number of benzene rings is 3. The Morgan fingerprint density at radius 2 is 1.81 bits per heavy atom. The Bertz CT molecular complexity index is 1240. The molecule has 0 aliphatic carbocycles. The summed E-state index contributed by atoms with van der Waals surface area (Å²) in [5.74, 6) is -0.214. The SMILES string of the molecule is CSc1cccc(NC(=O)c2ccc3c(c2)C[C@@H](C)N3S(=O)(=O)c2ccc(C)cc2)c1. The van der Waals surface area contributed by atoms with Crippen molar-refractivity contribution in [3.63, 3.8) is 0 Å². The van der Waals surface area contributed by atoms with Crippen LogP contribution in [0.4, 0.5) is 11.4 Å². The minimum atomic E-state index is -3.68. The zero-order valence-corrected chi connectivity index (χ0v) is 19.3. The number of aryl methyl sites for hydroxylation is 1. The number of amides is 1. The highest BCUT2D eigenvalue weighted by Crippen LogP contribution is 2.37. The third-order valence-electron chi connectivity index (χ3n) is 5.40. The molecule has 5 nitrogen and oxygen atoms in total. The third kappa shape index (κ3) is 4.20. The van der Waals surface area contributed by atoms with E-state index in [9.17, 15) is 13.2 Å². The van der Waals surface area contributed by atoms with Gasteiger partial charge in [0.25, 0.3) is 15.9 Å². The molecule has 1 amide bonds. The van der Waals surface area contributed by atoms with Crippen LogP contribution >= 0.6 is 11.8 Å². The summed E-state index contributed by atoms with van der Waals surface area (Å²) in [5, 5.41) is 2.92. The lowest BCUT2D eigenvalue weighted by Crippen LogP contribution is -2.35. The maximum atomic E-state index is 13.3. The van der Waals surface area contributed by atoms with E-state index in [0.717, 1.165) is 21.7 Å². The smallest absolute Gasteiger partial charge is 0.264 e. The molecule has 1 aliphatic heterocycles. The molecule has 0 unspecified atom stereocenters. The summed E-state index contributed by atoms with van der Waals surface area (Å²) in [7, 11) is -3.68. The molecule has 1 aliphatic rings. The molecule has 0 saturated heterocycles. The number of hydrogen-bond acceptors (Lipinski definition) is 4. The molecule has 0 radical (unpaired) electrons. The van der Waals surface area contributed by atoms with Gasteiger partial charge in [-0.2, -0.15) is 0 Å². The molecule has 7 heteroatoms. The molecular formula is C24H24N2O3S2. The first-order chi connectivity index (χ1) is 14.8. The molecule has 0 bridgehead atoms. The van der Waals surface area contributed by atoms with Crippen LogP contribution in [-0.2, 0) is 16.4 Å². The van der Waals surface area contributed by atoms with Crippen LogP contribution in [0, 0.1) is 6.92 Å². The molecule has 1 heterocycles. The van der Waals surface area contributed by atoms with Crippen LogP contribution in [-0.4, -0.2) is 26.6 Å². The first-order valence-corrected chi connectivity index (χ1v) is 12.7. The monoisotopic (exact) mass is 452 g/mol. The number of nitrogens with one attached hydrogen (secondary N) is 1. The Balaban J connectivity index is 1.61. The van der Waals surface area contributed by atoms with Crippen LogP contribution in [0.1, 0.15) is 28.4 Å². The zero-order chi connectivity index (χ0) is 22.2. The Morgan fingerprint density at radius 3 is 2.52 bits per heavy atom. The molecule has 1 N–H and O–H groups in total. The van der Waals surface area contributed by atoms with Crippen molar-refractivity contribution in [1.82, 2.24) is 0 Å². The van der Waals surface area contributed by atoms with E-state index in [2.05, 4.69) is 5.32 Å². The highest BCUT2D eigenvalue weighted by molar-refractivity contribution is 7.98. The topological polar surface area (TPSA) is 66.5 Å². The van der Waals surface area contributed by atoms with Gasteiger partial charge < -0.3 is 5.32 Å². The van der Waals surface area contributed by atoms with Crippen molar-refractivity contribution in [3.05, 3.63) is 83.4 Å². The number of carbonyl (C=O) groups excluding carboxylic acids is 1. The maximum absolute atomic E-state index is 13.3. The molecule has 3 aromatic carbocycles. The number of sulfonamides is 1. The van der Waals surface area contributed by atoms with E-state index < -0.39 is 10.0 Å². The highest BCUT2D eigenvalue weighted by atomic mass is 32.2. The van der Waals surface area contributed by atoms with Crippen molar-refractivity contribution < 1.29 is 13.2 Å². The molecule has 0 saturated carbocycles. The van der Waals surface area contributed by atoms with Crippen molar-refractivity contribution in [2.24, 2.45) is 0 Å². The second kappa shape index (κ2) is 8.40. The fourth-order valence-electron chi connectivity index (χ4n) is 3.84. The predicted molar refractivity (Wildman–Crippen MR) is 127 cm³/mol. The van der Waals surface area contributed by atoms with Gasteiger partial charge in [-0.25, -0.2) is 8.42 Å². The van der Waals surface area contributed by atoms with Gasteiger partial charge in [-0.1, -0.05) is 23.8 Å². The van der Waals surface area contributed by atoms with E-state index in [-0.39, 0.29) is 16.8 Å². The minimum Gasteiger partial charge on any atom is -0.322 e. The second-order valence-electron chi connectivity index (χ2n) is 7.70. The van der Waals surface area contributed by atoms with Crippen LogP contribution in [0.25, 0.3) is 0 Å². The van der Waals surface area contributed by atoms with Gasteiger partial charge in [0.1, 0.15) is 0 Å². The first kappa shape index (κ1) is 21.5. The quantitative estimate of drug-likeness (QED) is 0.547. The first-order valence-electron chi connectivity index (χ1n) is 9.99. The van der Waals surface area contributed by atoms with Crippen molar-refractivity contribution in [1.29, 1.82) is 0 Å². The molecule has 1 atom stereocenters. The average molecular weight is 453 g/mol. The fraction of sp³-hybridized carbons (Fsp3) is 0.208. The molecule has 0 aromatic heterocycles. The third-order valence-corrected chi connectivity index (χ3v) is 8.07. The fourth-order valence-corrected chi connectivity index (χ4v) is 5.99. The van der Waals surface area contributed by atoms with Crippen LogP contribution in [0.3, 0.4) is 0 Å². The van der Waals surface area contributed by atoms with E-state index in [4.69, 9.17) is 0 Å². The summed E-state index contributed by atoms with van der Waals surface area (Å²) in [5.41, 5.74) is 3.74. The number of thioether (sulfide) groups is 1. The van der Waals surface area contributed by atoms with Gasteiger partial charge in [0.05, 0.1) is 10.6 Å². The van der Waals surface area contributed by atoms with Crippen LogP contribution in [0.5, 0.6) is 0 Å². The van der Waals surface area contributed by atoms with E-state index in [1.165, 1.54) is 4.31 Å². The summed E-state index contributed by atoms with van der Waals surface area (Å²) >= 11 is 1.61. The number of nitrogens with zero attached hydrogens (tertiary/aromatic N) is 1. The number of carbonyl (C=O) groups is 1. The van der Waals surface area contributed by atoms with Gasteiger partial charge in [0.2, 0.25) is 0 Å². The van der Waals surface area contributed by atoms with Gasteiger partial charge in [0, 0.05) is 22.2 Å². The van der Waals surface area contributed by atoms with Gasteiger partial charge in [-0.05, 0) is 80.6 Å². The van der Waals surface area contributed by atoms with Crippen molar-refractivity contribution in [2.45, 2.75) is 36.1 Å². The molecule has 0 spiro atoms. The summed E-state index contributed by atoms with van der Waals surface area (Å²) in [4.78, 5) is 14.1. The standard InChI is InChI=1S/C24H24N2O3S2/c1-16-7-10-22(11-8-16)31(28,29)26-17(2)13-19-14-18(9-12-23(19)26)24(27)25-20-5-4-6-21(15-20)30-3/h4-12,14-15,17H,13H2,1-3H3,(H,25,27)/t17-/m1/s1. The highest BCUT2D eigenvalue weighted by Gasteiger charge is 2.36. The van der Waals surface area contributed by atoms with E-state index in [1.54, 1.807) is 54.2 Å². The molecule has 3 aromatic rings. The number of fused-ring (bicyclic) bond motifs is 1. The lowest BCUT2D eigenvalue weighted by Gasteiger charge is -2.24. The molecule has 4 rings (SSSR count). The number of anilines is 2. The summed E-state index contributed by atoms with van der Waals surface area (Å²) in [6.45, 7) is 3.81. The van der Waals surface area contributed by atoms with Gasteiger partial charge in [-0.3, -0.25) is 9.10 Å². The van der Waals surface area contributed by atoms with E-state index >= 15 is 0 Å². The number of rotatable bonds is 5. The molecular weight excluding hydrogens is 428 g/mol. The summed E-state index contributed by atoms with van der Waals surface area (Å²) in [6.07, 6.45) is 2.54. The number of hydrogen-bond donors (Lipinski definition) is 1. The van der Waals surface area contributed by atoms with E-state index in [1.807, 2.05) is 44.4 Å². The van der Waals surface area contributed by atoms with E-state index in [0.29, 0.717) is 17.7 Å². The molecule has 0 fully saturated rings. The Kier molecular flexibility index (Phi) is 5.81. The minimum absolute atomic E-state index is 0.214. The van der Waals surface area contributed by atoms with Crippen molar-refractivity contribution >= 4 is 39.1 Å². The van der Waals surface area contributed by atoms with Gasteiger partial charge >= 0.3 is 0 Å². The molecule has 160 valence electrons. The van der Waals surface area contributed by atoms with Crippen LogP contribution in [0.2, 0.25) is 0 Å². The second-order valence-corrected chi connectivity index (χ2v) is 10.4. The average Bonchev–Trinajstić information content (AvgIpc) is 3.09. The predicted octanol–water partition coefficient (Wildman–Crippen LogP) is 5.11. The van der Waals surface area contributed by atoms with Crippen molar-refractivity contribution in [2.75, 3.05) is 15.9 Å². The van der Waals surface area contributed by atoms with Crippen LogP contribution in [0.15, 0.2) is 76.5 Å². The summed E-state index contributed by atoms with van der Waals surface area (Å²) < 4.78 is 28.0. The molecule has 31 heavy (non-hydrogen) atoms. The maximum Gasteiger partial charge on any atom is 0.264 e. The Morgan fingerprint density at radius 1 is 1.06 bits per heavy atom. The Hall–Kier alpha value is -2.77. The lowest BCUT2D eigenvalue weighted by atomic mass is 10.1. The lowest BCUT2D eigenvalue weighted by molar-refractivity contribution is 0.102. The Labute approximate surface area is 187 Å². The summed E-state index contributed by atoms with van der Waals surface area (Å²) in [6, 6.07) is 19.5.